The molecule has 3 rings (SSSR count). The fourth-order valence-corrected chi connectivity index (χ4v) is 3.80. The first-order chi connectivity index (χ1) is 17.6. The average molecular weight is 489 g/mol. The molecular formula is C30H36N2O4. The summed E-state index contributed by atoms with van der Waals surface area (Å²) in [6.45, 7) is 1.64. The minimum atomic E-state index is -0.375. The topological polar surface area (TPSA) is 90.7 Å². The van der Waals surface area contributed by atoms with Gasteiger partial charge in [-0.1, -0.05) is 78.9 Å². The summed E-state index contributed by atoms with van der Waals surface area (Å²) in [5.74, 6) is -0.229. The summed E-state index contributed by atoms with van der Waals surface area (Å²) in [5, 5.41) is 2.81. The highest BCUT2D eigenvalue weighted by Crippen LogP contribution is 2.21. The van der Waals surface area contributed by atoms with Crippen LogP contribution in [-0.4, -0.2) is 31.8 Å². The van der Waals surface area contributed by atoms with Crippen molar-refractivity contribution in [3.05, 3.63) is 95.6 Å². The Morgan fingerprint density at radius 1 is 0.694 bits per heavy atom. The van der Waals surface area contributed by atoms with Crippen molar-refractivity contribution in [2.75, 3.05) is 19.7 Å². The van der Waals surface area contributed by atoms with E-state index >= 15 is 0 Å². The first-order valence-corrected chi connectivity index (χ1v) is 12.6. The molecule has 0 aliphatic heterocycles. The van der Waals surface area contributed by atoms with Crippen LogP contribution in [0.15, 0.2) is 78.9 Å². The van der Waals surface area contributed by atoms with Crippen LogP contribution in [-0.2, 0) is 33.7 Å². The number of unbranched alkanes of at least 4 members (excludes halogenated alkanes) is 1. The summed E-state index contributed by atoms with van der Waals surface area (Å²) in [6, 6.07) is 26.8. The molecule has 0 saturated heterocycles. The van der Waals surface area contributed by atoms with E-state index in [9.17, 15) is 9.59 Å². The molecule has 0 spiro atoms. The van der Waals surface area contributed by atoms with Gasteiger partial charge in [0.2, 0.25) is 0 Å². The SMILES string of the molecule is NCCC(=O)OCCCc1ccc(-c2ccc(CCCCNC(=O)OCc3ccccc3)cc2)cc1. The van der Waals surface area contributed by atoms with Crippen molar-refractivity contribution in [2.45, 2.75) is 45.1 Å². The number of benzene rings is 3. The highest BCUT2D eigenvalue weighted by Gasteiger charge is 2.04. The smallest absolute Gasteiger partial charge is 0.407 e. The third-order valence-electron chi connectivity index (χ3n) is 5.84. The van der Waals surface area contributed by atoms with Gasteiger partial charge in [0.05, 0.1) is 13.0 Å². The maximum Gasteiger partial charge on any atom is 0.407 e. The van der Waals surface area contributed by atoms with E-state index in [0.717, 1.165) is 37.7 Å². The summed E-state index contributed by atoms with van der Waals surface area (Å²) in [7, 11) is 0. The maximum atomic E-state index is 11.8. The lowest BCUT2D eigenvalue weighted by molar-refractivity contribution is -0.143. The molecular weight excluding hydrogens is 452 g/mol. The van der Waals surface area contributed by atoms with Crippen LogP contribution in [0.2, 0.25) is 0 Å². The van der Waals surface area contributed by atoms with Crippen LogP contribution in [0.5, 0.6) is 0 Å². The Kier molecular flexibility index (Phi) is 11.5. The van der Waals surface area contributed by atoms with E-state index in [-0.39, 0.29) is 25.1 Å². The van der Waals surface area contributed by atoms with Gasteiger partial charge in [-0.25, -0.2) is 4.79 Å². The van der Waals surface area contributed by atoms with Gasteiger partial charge in [-0.15, -0.1) is 0 Å². The molecule has 6 nitrogen and oxygen atoms in total. The Balaban J connectivity index is 1.31. The number of nitrogens with one attached hydrogen (secondary N) is 1. The van der Waals surface area contributed by atoms with Crippen LogP contribution in [0.4, 0.5) is 4.79 Å². The van der Waals surface area contributed by atoms with E-state index in [4.69, 9.17) is 15.2 Å². The Bertz CT molecular complexity index is 1050. The van der Waals surface area contributed by atoms with Crippen molar-refractivity contribution in [3.63, 3.8) is 0 Å². The summed E-state index contributed by atoms with van der Waals surface area (Å²) >= 11 is 0. The standard InChI is InChI=1S/C30H36N2O4/c31-20-19-29(33)35-22-6-10-25-13-17-28(18-14-25)27-15-11-24(12-16-27)7-4-5-21-32-30(34)36-23-26-8-2-1-3-9-26/h1-3,8-9,11-18H,4-7,10,19-23,31H2,(H,32,34). The average Bonchev–Trinajstić information content (AvgIpc) is 2.91. The summed E-state index contributed by atoms with van der Waals surface area (Å²) in [4.78, 5) is 23.1. The van der Waals surface area contributed by atoms with Gasteiger partial charge in [-0.05, 0) is 59.9 Å². The minimum Gasteiger partial charge on any atom is -0.466 e. The summed E-state index contributed by atoms with van der Waals surface area (Å²) in [5.41, 5.74) is 11.2. The number of nitrogens with two attached hydrogens (primary N) is 1. The molecule has 0 aliphatic carbocycles. The van der Waals surface area contributed by atoms with Gasteiger partial charge in [-0.3, -0.25) is 4.79 Å². The Morgan fingerprint density at radius 3 is 1.92 bits per heavy atom. The van der Waals surface area contributed by atoms with E-state index in [0.29, 0.717) is 19.7 Å². The number of aryl methyl sites for hydroxylation is 2. The normalized spacial score (nSPS) is 10.6. The van der Waals surface area contributed by atoms with Crippen LogP contribution in [0.1, 0.15) is 42.4 Å². The quantitative estimate of drug-likeness (QED) is 0.233. The Morgan fingerprint density at radius 2 is 1.31 bits per heavy atom. The zero-order chi connectivity index (χ0) is 25.4. The number of ether oxygens (including phenoxy) is 2. The van der Waals surface area contributed by atoms with Crippen LogP contribution >= 0.6 is 0 Å². The first-order valence-electron chi connectivity index (χ1n) is 12.6. The van der Waals surface area contributed by atoms with E-state index in [1.54, 1.807) is 0 Å². The first kappa shape index (κ1) is 27.0. The number of carbonyl (C=O) groups is 2. The summed E-state index contributed by atoms with van der Waals surface area (Å²) in [6.07, 6.45) is 4.43. The number of hydrogen-bond donors (Lipinski definition) is 2. The highest BCUT2D eigenvalue weighted by molar-refractivity contribution is 5.69. The van der Waals surface area contributed by atoms with Gasteiger partial charge in [-0.2, -0.15) is 0 Å². The summed E-state index contributed by atoms with van der Waals surface area (Å²) < 4.78 is 10.4. The molecule has 0 bridgehead atoms. The van der Waals surface area contributed by atoms with Crippen molar-refractivity contribution in [1.82, 2.24) is 5.32 Å². The van der Waals surface area contributed by atoms with Gasteiger partial charge >= 0.3 is 12.1 Å². The van der Waals surface area contributed by atoms with E-state index < -0.39 is 0 Å². The van der Waals surface area contributed by atoms with Gasteiger partial charge in [0.25, 0.3) is 0 Å². The van der Waals surface area contributed by atoms with E-state index in [1.165, 1.54) is 22.3 Å². The fraction of sp³-hybridized carbons (Fsp3) is 0.333. The molecule has 0 radical (unpaired) electrons. The molecule has 190 valence electrons. The predicted octanol–water partition coefficient (Wildman–Crippen LogP) is 5.43. The highest BCUT2D eigenvalue weighted by atomic mass is 16.5. The third-order valence-corrected chi connectivity index (χ3v) is 5.84. The molecule has 3 aromatic carbocycles. The van der Waals surface area contributed by atoms with Crippen molar-refractivity contribution in [2.24, 2.45) is 5.73 Å². The van der Waals surface area contributed by atoms with Gasteiger partial charge in [0.1, 0.15) is 6.61 Å². The molecule has 0 saturated carbocycles. The molecule has 0 atom stereocenters. The molecule has 3 aromatic rings. The van der Waals surface area contributed by atoms with Crippen molar-refractivity contribution < 1.29 is 19.1 Å². The van der Waals surface area contributed by atoms with E-state index in [1.807, 2.05) is 30.3 Å². The molecule has 0 aliphatic rings. The maximum absolute atomic E-state index is 11.8. The zero-order valence-corrected chi connectivity index (χ0v) is 20.8. The number of alkyl carbamates (subject to hydrolysis) is 1. The van der Waals surface area contributed by atoms with Crippen LogP contribution in [0.3, 0.4) is 0 Å². The Labute approximate surface area is 213 Å². The number of amides is 1. The molecule has 0 heterocycles. The van der Waals surface area contributed by atoms with Crippen molar-refractivity contribution >= 4 is 12.1 Å². The third kappa shape index (κ3) is 9.92. The Hall–Kier alpha value is -3.64. The van der Waals surface area contributed by atoms with Gasteiger partial charge < -0.3 is 20.5 Å². The van der Waals surface area contributed by atoms with Gasteiger partial charge in [0, 0.05) is 13.1 Å². The number of esters is 1. The fourth-order valence-electron chi connectivity index (χ4n) is 3.80. The molecule has 1 amide bonds. The molecule has 0 fully saturated rings. The van der Waals surface area contributed by atoms with Crippen LogP contribution in [0.25, 0.3) is 11.1 Å². The predicted molar refractivity (Wildman–Crippen MR) is 142 cm³/mol. The second kappa shape index (κ2) is 15.4. The lowest BCUT2D eigenvalue weighted by Crippen LogP contribution is -2.25. The van der Waals surface area contributed by atoms with Crippen LogP contribution in [0, 0.1) is 0 Å². The molecule has 3 N–H and O–H groups in total. The zero-order valence-electron chi connectivity index (χ0n) is 20.8. The number of hydrogen-bond acceptors (Lipinski definition) is 5. The van der Waals surface area contributed by atoms with Crippen LogP contribution < -0.4 is 11.1 Å². The van der Waals surface area contributed by atoms with Gasteiger partial charge in [0.15, 0.2) is 0 Å². The van der Waals surface area contributed by atoms with Crippen molar-refractivity contribution in [1.29, 1.82) is 0 Å². The molecule has 0 unspecified atom stereocenters. The minimum absolute atomic E-state index is 0.229. The molecule has 0 aromatic heterocycles. The lowest BCUT2D eigenvalue weighted by Gasteiger charge is -2.08. The number of rotatable bonds is 14. The molecule has 6 heteroatoms. The largest absolute Gasteiger partial charge is 0.466 e. The monoisotopic (exact) mass is 488 g/mol. The molecule has 36 heavy (non-hydrogen) atoms. The second-order valence-electron chi connectivity index (χ2n) is 8.70. The van der Waals surface area contributed by atoms with E-state index in [2.05, 4.69) is 53.8 Å². The second-order valence-corrected chi connectivity index (χ2v) is 8.70. The van der Waals surface area contributed by atoms with Crippen molar-refractivity contribution in [3.8, 4) is 11.1 Å². The number of carbonyl (C=O) groups excluding carboxylic acids is 2. The lowest BCUT2D eigenvalue weighted by atomic mass is 10.00.